The molecule has 1 heterocycles. The van der Waals surface area contributed by atoms with Gasteiger partial charge >= 0.3 is 0 Å². The van der Waals surface area contributed by atoms with E-state index >= 15 is 0 Å². The Kier molecular flexibility index (Phi) is 2.91. The van der Waals surface area contributed by atoms with Crippen molar-refractivity contribution in [2.75, 3.05) is 24.5 Å². The van der Waals surface area contributed by atoms with Gasteiger partial charge in [0.2, 0.25) is 0 Å². The maximum Gasteiger partial charge on any atom is 0.146 e. The summed E-state index contributed by atoms with van der Waals surface area (Å²) in [7, 11) is 0. The quantitative estimate of drug-likeness (QED) is 0.758. The summed E-state index contributed by atoms with van der Waals surface area (Å²) in [6, 6.07) is 5.69. The molecule has 15 heavy (non-hydrogen) atoms. The summed E-state index contributed by atoms with van der Waals surface area (Å²) in [6.07, 6.45) is 0. The molecule has 2 nitrogen and oxygen atoms in total. The van der Waals surface area contributed by atoms with Crippen LogP contribution < -0.4 is 10.2 Å². The molecule has 0 spiro atoms. The highest BCUT2D eigenvalue weighted by Crippen LogP contribution is 2.24. The van der Waals surface area contributed by atoms with Crippen LogP contribution in [0.2, 0.25) is 0 Å². The predicted molar refractivity (Wildman–Crippen MR) is 60.8 cm³/mol. The van der Waals surface area contributed by atoms with Gasteiger partial charge in [-0.25, -0.2) is 4.39 Å². The van der Waals surface area contributed by atoms with Crippen molar-refractivity contribution in [1.29, 1.82) is 0 Å². The summed E-state index contributed by atoms with van der Waals surface area (Å²) >= 11 is 0. The van der Waals surface area contributed by atoms with Crippen molar-refractivity contribution < 1.29 is 4.39 Å². The number of hydrogen-bond acceptors (Lipinski definition) is 2. The first-order chi connectivity index (χ1) is 7.18. The van der Waals surface area contributed by atoms with E-state index < -0.39 is 0 Å². The number of rotatable bonds is 1. The smallest absolute Gasteiger partial charge is 0.146 e. The minimum absolute atomic E-state index is 0.107. The number of piperazine rings is 1. The minimum atomic E-state index is -0.107. The summed E-state index contributed by atoms with van der Waals surface area (Å²) in [5.74, 6) is -0.107. The predicted octanol–water partition coefficient (Wildman–Crippen LogP) is 1.93. The Morgan fingerprint density at radius 2 is 2.27 bits per heavy atom. The highest BCUT2D eigenvalue weighted by atomic mass is 19.1. The second-order valence-corrected chi connectivity index (χ2v) is 4.21. The Morgan fingerprint density at radius 3 is 2.93 bits per heavy atom. The average Bonchev–Trinajstić information content (AvgIpc) is 2.17. The number of benzene rings is 1. The highest BCUT2D eigenvalue weighted by Gasteiger charge is 2.19. The number of nitrogens with zero attached hydrogens (tertiary/aromatic N) is 1. The molecule has 0 amide bonds. The number of anilines is 1. The lowest BCUT2D eigenvalue weighted by Gasteiger charge is -2.34. The molecule has 82 valence electrons. The molecule has 1 N–H and O–H groups in total. The Morgan fingerprint density at radius 1 is 1.47 bits per heavy atom. The van der Waals surface area contributed by atoms with Crippen LogP contribution in [0.15, 0.2) is 18.2 Å². The van der Waals surface area contributed by atoms with E-state index in [2.05, 4.69) is 17.1 Å². The second kappa shape index (κ2) is 4.19. The largest absolute Gasteiger partial charge is 0.366 e. The molecule has 0 radical (unpaired) electrons. The maximum atomic E-state index is 13.7. The van der Waals surface area contributed by atoms with Gasteiger partial charge in [-0.2, -0.15) is 0 Å². The van der Waals surface area contributed by atoms with E-state index in [1.165, 1.54) is 6.07 Å². The van der Waals surface area contributed by atoms with Crippen LogP contribution in [-0.2, 0) is 0 Å². The molecule has 1 aliphatic heterocycles. The van der Waals surface area contributed by atoms with Gasteiger partial charge in [-0.15, -0.1) is 0 Å². The molecule has 1 aliphatic rings. The Balaban J connectivity index is 2.28. The number of para-hydroxylation sites is 1. The van der Waals surface area contributed by atoms with E-state index in [1.54, 1.807) is 6.07 Å². The van der Waals surface area contributed by atoms with E-state index in [4.69, 9.17) is 0 Å². The normalized spacial score (nSPS) is 21.8. The van der Waals surface area contributed by atoms with E-state index in [0.717, 1.165) is 30.9 Å². The zero-order valence-electron chi connectivity index (χ0n) is 9.26. The molecule has 0 aliphatic carbocycles. The van der Waals surface area contributed by atoms with Gasteiger partial charge in [0.15, 0.2) is 0 Å². The summed E-state index contributed by atoms with van der Waals surface area (Å²) in [6.45, 7) is 6.77. The van der Waals surface area contributed by atoms with Crippen LogP contribution in [0.5, 0.6) is 0 Å². The third kappa shape index (κ3) is 2.12. The molecule has 1 atom stereocenters. The monoisotopic (exact) mass is 208 g/mol. The van der Waals surface area contributed by atoms with Gasteiger partial charge in [0.05, 0.1) is 5.69 Å². The number of aryl methyl sites for hydroxylation is 1. The molecule has 0 bridgehead atoms. The maximum absolute atomic E-state index is 13.7. The molecule has 0 saturated carbocycles. The number of hydrogen-bond donors (Lipinski definition) is 1. The third-order valence-corrected chi connectivity index (χ3v) is 2.87. The lowest BCUT2D eigenvalue weighted by atomic mass is 10.1. The highest BCUT2D eigenvalue weighted by molar-refractivity contribution is 5.54. The van der Waals surface area contributed by atoms with Crippen molar-refractivity contribution in [2.24, 2.45) is 0 Å². The standard InChI is InChI=1S/C12H17FN2/c1-9-4-3-5-11(13)12(9)15-7-6-14-10(2)8-15/h3-5,10,14H,6-8H2,1-2H3. The summed E-state index contributed by atoms with van der Waals surface area (Å²) < 4.78 is 13.7. The fourth-order valence-corrected chi connectivity index (χ4v) is 2.16. The molecule has 1 saturated heterocycles. The molecule has 2 rings (SSSR count). The molecule has 1 aromatic rings. The zero-order chi connectivity index (χ0) is 10.8. The van der Waals surface area contributed by atoms with Crippen molar-refractivity contribution in [2.45, 2.75) is 19.9 Å². The Bertz CT molecular complexity index is 331. The van der Waals surface area contributed by atoms with Gasteiger partial charge < -0.3 is 10.2 Å². The Hall–Kier alpha value is -1.09. The average molecular weight is 208 g/mol. The van der Waals surface area contributed by atoms with Crippen LogP contribution in [-0.4, -0.2) is 25.7 Å². The summed E-state index contributed by atoms with van der Waals surface area (Å²) in [5, 5.41) is 3.36. The van der Waals surface area contributed by atoms with Gasteiger partial charge in [0.25, 0.3) is 0 Å². The van der Waals surface area contributed by atoms with Gasteiger partial charge in [0, 0.05) is 25.7 Å². The van der Waals surface area contributed by atoms with Crippen molar-refractivity contribution >= 4 is 5.69 Å². The Labute approximate surface area is 90.1 Å². The van der Waals surface area contributed by atoms with Gasteiger partial charge in [0.1, 0.15) is 5.82 Å². The number of nitrogens with one attached hydrogen (secondary N) is 1. The molecule has 1 aromatic carbocycles. The van der Waals surface area contributed by atoms with Crippen LogP contribution in [0.4, 0.5) is 10.1 Å². The minimum Gasteiger partial charge on any atom is -0.366 e. The van der Waals surface area contributed by atoms with Gasteiger partial charge in [-0.1, -0.05) is 12.1 Å². The van der Waals surface area contributed by atoms with E-state index in [9.17, 15) is 4.39 Å². The van der Waals surface area contributed by atoms with E-state index in [1.807, 2.05) is 13.0 Å². The van der Waals surface area contributed by atoms with Crippen LogP contribution >= 0.6 is 0 Å². The van der Waals surface area contributed by atoms with Crippen LogP contribution in [0.3, 0.4) is 0 Å². The summed E-state index contributed by atoms with van der Waals surface area (Å²) in [4.78, 5) is 2.13. The van der Waals surface area contributed by atoms with E-state index in [0.29, 0.717) is 6.04 Å². The number of halogens is 1. The van der Waals surface area contributed by atoms with E-state index in [-0.39, 0.29) is 5.82 Å². The van der Waals surface area contributed by atoms with Crippen LogP contribution in [0.25, 0.3) is 0 Å². The van der Waals surface area contributed by atoms with Crippen molar-refractivity contribution in [3.63, 3.8) is 0 Å². The molecular formula is C12H17FN2. The van der Waals surface area contributed by atoms with Gasteiger partial charge in [-0.05, 0) is 25.5 Å². The molecule has 3 heteroatoms. The lowest BCUT2D eigenvalue weighted by molar-refractivity contribution is 0.478. The molecular weight excluding hydrogens is 191 g/mol. The fourth-order valence-electron chi connectivity index (χ4n) is 2.16. The SMILES string of the molecule is Cc1cccc(F)c1N1CCNC(C)C1. The zero-order valence-corrected chi connectivity index (χ0v) is 9.26. The van der Waals surface area contributed by atoms with Crippen molar-refractivity contribution in [1.82, 2.24) is 5.32 Å². The topological polar surface area (TPSA) is 15.3 Å². The molecule has 0 aromatic heterocycles. The molecule has 1 unspecified atom stereocenters. The fraction of sp³-hybridized carbons (Fsp3) is 0.500. The van der Waals surface area contributed by atoms with Crippen LogP contribution in [0.1, 0.15) is 12.5 Å². The van der Waals surface area contributed by atoms with Gasteiger partial charge in [-0.3, -0.25) is 0 Å². The summed E-state index contributed by atoms with van der Waals surface area (Å²) in [5.41, 5.74) is 1.79. The van der Waals surface area contributed by atoms with Crippen molar-refractivity contribution in [3.8, 4) is 0 Å². The first-order valence-corrected chi connectivity index (χ1v) is 5.42. The second-order valence-electron chi connectivity index (χ2n) is 4.21. The lowest BCUT2D eigenvalue weighted by Crippen LogP contribution is -2.49. The first kappa shape index (κ1) is 10.4. The van der Waals surface area contributed by atoms with Crippen LogP contribution in [0, 0.1) is 12.7 Å². The van der Waals surface area contributed by atoms with Crippen molar-refractivity contribution in [3.05, 3.63) is 29.6 Å². The third-order valence-electron chi connectivity index (χ3n) is 2.87. The first-order valence-electron chi connectivity index (χ1n) is 5.42. The molecule has 1 fully saturated rings.